The molecule has 2 aliphatic heterocycles. The first-order valence-corrected chi connectivity index (χ1v) is 12.4. The minimum absolute atomic E-state index is 0.00531. The smallest absolute Gasteiger partial charge is 0.229 e. The van der Waals surface area contributed by atoms with Crippen molar-refractivity contribution in [3.63, 3.8) is 0 Å². The Balaban J connectivity index is 1.31. The summed E-state index contributed by atoms with van der Waals surface area (Å²) in [6.45, 7) is 7.89. The predicted molar refractivity (Wildman–Crippen MR) is 130 cm³/mol. The van der Waals surface area contributed by atoms with Crippen LogP contribution in [0.5, 0.6) is 0 Å². The van der Waals surface area contributed by atoms with Crippen LogP contribution in [-0.2, 0) is 16.1 Å². The first-order valence-electron chi connectivity index (χ1n) is 12.4. The van der Waals surface area contributed by atoms with Crippen molar-refractivity contribution in [2.75, 3.05) is 26.2 Å². The average Bonchev–Trinajstić information content (AvgIpc) is 3.14. The van der Waals surface area contributed by atoms with Crippen LogP contribution >= 0.6 is 0 Å². The summed E-state index contributed by atoms with van der Waals surface area (Å²) in [7, 11) is 0. The van der Waals surface area contributed by atoms with Crippen LogP contribution < -0.4 is 10.0 Å². The van der Waals surface area contributed by atoms with E-state index in [9.17, 15) is 14.8 Å². The molecule has 0 saturated carbocycles. The van der Waals surface area contributed by atoms with Crippen LogP contribution in [-0.4, -0.2) is 47.8 Å². The second-order valence-electron chi connectivity index (χ2n) is 10.1. The number of piperidine rings is 1. The maximum Gasteiger partial charge on any atom is 0.229 e. The zero-order valence-electron chi connectivity index (χ0n) is 20.3. The minimum atomic E-state index is -0.242. The summed E-state index contributed by atoms with van der Waals surface area (Å²) in [6.07, 6.45) is 6.49. The maximum absolute atomic E-state index is 13.3. The number of hydrogen-bond donors (Lipinski definition) is 1. The van der Waals surface area contributed by atoms with Crippen molar-refractivity contribution in [1.29, 1.82) is 0 Å². The first kappa shape index (κ1) is 24.2. The van der Waals surface area contributed by atoms with E-state index < -0.39 is 0 Å². The number of nitrogens with one attached hydrogen (secondary N) is 1. The van der Waals surface area contributed by atoms with Crippen molar-refractivity contribution >= 4 is 11.8 Å². The molecule has 1 aromatic carbocycles. The molecule has 2 fully saturated rings. The fraction of sp³-hybridized carbons (Fsp3) is 0.519. The number of carbonyl (C=O) groups is 2. The first-order chi connectivity index (χ1) is 16.4. The fourth-order valence-electron chi connectivity index (χ4n) is 5.14. The van der Waals surface area contributed by atoms with Crippen LogP contribution in [0.25, 0.3) is 0 Å². The molecule has 1 N–H and O–H groups in total. The summed E-state index contributed by atoms with van der Waals surface area (Å²) in [5.41, 5.74) is 1.88. The lowest BCUT2D eigenvalue weighted by Gasteiger charge is -2.38. The highest BCUT2D eigenvalue weighted by atomic mass is 16.5. The maximum atomic E-state index is 13.3. The van der Waals surface area contributed by atoms with E-state index in [2.05, 4.69) is 22.3 Å². The quantitative estimate of drug-likeness (QED) is 0.481. The Morgan fingerprint density at radius 3 is 2.35 bits per heavy atom. The zero-order valence-corrected chi connectivity index (χ0v) is 20.3. The summed E-state index contributed by atoms with van der Waals surface area (Å²) in [6, 6.07) is 13.7. The van der Waals surface area contributed by atoms with Crippen LogP contribution in [0.3, 0.4) is 0 Å². The van der Waals surface area contributed by atoms with Crippen molar-refractivity contribution in [3.05, 3.63) is 71.2 Å². The molecule has 2 saturated heterocycles. The molecule has 1 aromatic heterocycles. The van der Waals surface area contributed by atoms with Gasteiger partial charge >= 0.3 is 0 Å². The average molecular weight is 465 g/mol. The molecule has 7 nitrogen and oxygen atoms in total. The van der Waals surface area contributed by atoms with Crippen LogP contribution in [0, 0.1) is 16.5 Å². The van der Waals surface area contributed by atoms with Crippen molar-refractivity contribution < 1.29 is 14.3 Å². The predicted octanol–water partition coefficient (Wildman–Crippen LogP) is 3.04. The number of carbonyl (C=O) groups excluding carboxylic acids is 2. The molecule has 0 radical (unpaired) electrons. The molecule has 7 heteroatoms. The van der Waals surface area contributed by atoms with E-state index in [1.807, 2.05) is 36.9 Å². The van der Waals surface area contributed by atoms with Crippen molar-refractivity contribution in [2.45, 2.75) is 52.1 Å². The van der Waals surface area contributed by atoms with Gasteiger partial charge in [-0.1, -0.05) is 44.2 Å². The number of pyridine rings is 1. The second kappa shape index (κ2) is 10.6. The topological polar surface area (TPSA) is 79.6 Å². The van der Waals surface area contributed by atoms with Gasteiger partial charge in [0.05, 0.1) is 11.5 Å². The van der Waals surface area contributed by atoms with Crippen LogP contribution in [0.4, 0.5) is 0 Å². The van der Waals surface area contributed by atoms with Crippen LogP contribution in [0.1, 0.15) is 56.7 Å². The molecule has 2 amide bonds. The van der Waals surface area contributed by atoms with Gasteiger partial charge in [0.25, 0.3) is 0 Å². The molecule has 2 aliphatic rings. The van der Waals surface area contributed by atoms with E-state index in [1.165, 1.54) is 12.4 Å². The van der Waals surface area contributed by atoms with E-state index in [-0.39, 0.29) is 29.2 Å². The normalized spacial score (nSPS) is 19.0. The lowest BCUT2D eigenvalue weighted by Crippen LogP contribution is -2.45. The molecule has 0 unspecified atom stereocenters. The second-order valence-corrected chi connectivity index (χ2v) is 10.1. The van der Waals surface area contributed by atoms with Crippen molar-refractivity contribution in [3.8, 4) is 0 Å². The molecule has 0 bridgehead atoms. The van der Waals surface area contributed by atoms with Crippen molar-refractivity contribution in [2.24, 2.45) is 11.3 Å². The largest absolute Gasteiger partial charge is 0.619 e. The Bertz CT molecular complexity index is 969. The third-order valence-corrected chi connectivity index (χ3v) is 7.44. The van der Waals surface area contributed by atoms with Gasteiger partial charge < -0.3 is 20.3 Å². The standard InChI is InChI=1S/C27H36N4O3/c1-21(2)25(32)28-24(23-6-4-3-5-7-23)10-14-29-17-11-27(12-18-29)13-19-30(26(27)33)20-22-8-15-31(34)16-9-22/h3-9,15-16,21,24H,10-14,17-20H2,1-2H3,(H,28,32)/t24-/m0/s1. The summed E-state index contributed by atoms with van der Waals surface area (Å²) < 4.78 is 0.767. The Hall–Kier alpha value is -2.93. The Kier molecular flexibility index (Phi) is 7.51. The minimum Gasteiger partial charge on any atom is -0.619 e. The van der Waals surface area contributed by atoms with Gasteiger partial charge in [-0.25, -0.2) is 0 Å². The van der Waals surface area contributed by atoms with Crippen LogP contribution in [0.15, 0.2) is 54.9 Å². The summed E-state index contributed by atoms with van der Waals surface area (Å²) in [5.74, 6) is 0.290. The highest BCUT2D eigenvalue weighted by Crippen LogP contribution is 2.42. The number of nitrogens with zero attached hydrogens (tertiary/aromatic N) is 3. The molecule has 2 aromatic rings. The van der Waals surface area contributed by atoms with E-state index in [0.717, 1.165) is 67.7 Å². The Morgan fingerprint density at radius 1 is 1.06 bits per heavy atom. The van der Waals surface area contributed by atoms with Gasteiger partial charge in [-0.15, -0.1) is 0 Å². The van der Waals surface area contributed by atoms with Gasteiger partial charge in [0.1, 0.15) is 0 Å². The number of rotatable bonds is 8. The van der Waals surface area contributed by atoms with Gasteiger partial charge in [0.2, 0.25) is 11.8 Å². The van der Waals surface area contributed by atoms with Gasteiger partial charge in [-0.3, -0.25) is 9.59 Å². The van der Waals surface area contributed by atoms with E-state index in [4.69, 9.17) is 0 Å². The molecule has 0 aliphatic carbocycles. The summed E-state index contributed by atoms with van der Waals surface area (Å²) in [4.78, 5) is 30.1. The summed E-state index contributed by atoms with van der Waals surface area (Å²) >= 11 is 0. The number of hydrogen-bond acceptors (Lipinski definition) is 4. The monoisotopic (exact) mass is 464 g/mol. The molecular formula is C27H36N4O3. The fourth-order valence-corrected chi connectivity index (χ4v) is 5.14. The molecule has 1 spiro atoms. The molecule has 182 valence electrons. The number of likely N-dealkylation sites (tertiary alicyclic amines) is 2. The zero-order chi connectivity index (χ0) is 24.1. The van der Waals surface area contributed by atoms with Crippen molar-refractivity contribution in [1.82, 2.24) is 15.1 Å². The summed E-state index contributed by atoms with van der Waals surface area (Å²) in [5, 5.41) is 14.5. The van der Waals surface area contributed by atoms with Crippen LogP contribution in [0.2, 0.25) is 0 Å². The molecular weight excluding hydrogens is 428 g/mol. The van der Waals surface area contributed by atoms with Gasteiger partial charge in [-0.2, -0.15) is 4.73 Å². The van der Waals surface area contributed by atoms with E-state index in [1.54, 1.807) is 12.1 Å². The molecule has 34 heavy (non-hydrogen) atoms. The molecule has 1 atom stereocenters. The number of amides is 2. The number of aromatic nitrogens is 1. The SMILES string of the molecule is CC(C)C(=O)N[C@@H](CCN1CCC2(CC1)CCN(Cc1cc[n+]([O-])cc1)C2=O)c1ccccc1. The highest BCUT2D eigenvalue weighted by molar-refractivity contribution is 5.85. The third kappa shape index (κ3) is 5.58. The van der Waals surface area contributed by atoms with Gasteiger partial charge in [0, 0.05) is 37.7 Å². The Morgan fingerprint density at radius 2 is 1.71 bits per heavy atom. The molecule has 4 rings (SSSR count). The van der Waals surface area contributed by atoms with Gasteiger partial charge in [-0.05, 0) is 49.9 Å². The number of benzene rings is 1. The lowest BCUT2D eigenvalue weighted by molar-refractivity contribution is -0.605. The van der Waals surface area contributed by atoms with Gasteiger partial charge in [0.15, 0.2) is 12.4 Å². The van der Waals surface area contributed by atoms with E-state index in [0.29, 0.717) is 6.54 Å². The highest BCUT2D eigenvalue weighted by Gasteiger charge is 2.47. The lowest BCUT2D eigenvalue weighted by atomic mass is 9.77. The third-order valence-electron chi connectivity index (χ3n) is 7.44. The Labute approximate surface area is 202 Å². The molecule has 3 heterocycles. The van der Waals surface area contributed by atoms with E-state index >= 15 is 0 Å².